The first-order valence-electron chi connectivity index (χ1n) is 10.6. The van der Waals surface area contributed by atoms with Crippen LogP contribution in [0.2, 0.25) is 0 Å². The zero-order chi connectivity index (χ0) is 20.5. The molecular formula is C24H26N4OS. The number of ether oxygens (including phenoxy) is 1. The van der Waals surface area contributed by atoms with Gasteiger partial charge in [0.25, 0.3) is 0 Å². The minimum atomic E-state index is 0.0749. The summed E-state index contributed by atoms with van der Waals surface area (Å²) in [7, 11) is 0. The van der Waals surface area contributed by atoms with Gasteiger partial charge in [-0.2, -0.15) is 0 Å². The van der Waals surface area contributed by atoms with Crippen molar-refractivity contribution < 1.29 is 4.74 Å². The zero-order valence-electron chi connectivity index (χ0n) is 17.3. The van der Waals surface area contributed by atoms with E-state index in [1.807, 2.05) is 29.8 Å². The minimum absolute atomic E-state index is 0.0749. The number of nitrogens with one attached hydrogen (secondary N) is 1. The molecule has 0 aliphatic carbocycles. The standard InChI is InChI=1S/C24H26N4OS/c1-3-16(2)29-15-17-9-10-21(30-17)23-22-19(18-7-4-5-8-20(18)27-22)11-14-28(23)24-25-12-6-13-26-24/h4-10,12-13,16,23,27H,3,11,14-15H2,1-2H3. The summed E-state index contributed by atoms with van der Waals surface area (Å²) in [5.74, 6) is 0.776. The maximum Gasteiger partial charge on any atom is 0.226 e. The van der Waals surface area contributed by atoms with Gasteiger partial charge < -0.3 is 14.6 Å². The first-order chi connectivity index (χ1) is 14.7. The van der Waals surface area contributed by atoms with Gasteiger partial charge in [0.05, 0.1) is 12.7 Å². The van der Waals surface area contributed by atoms with Crippen molar-refractivity contribution in [3.8, 4) is 0 Å². The molecule has 2 atom stereocenters. The number of H-pyrrole nitrogens is 1. The average Bonchev–Trinajstić information content (AvgIpc) is 3.42. The van der Waals surface area contributed by atoms with Crippen LogP contribution in [0.25, 0.3) is 10.9 Å². The second kappa shape index (κ2) is 8.20. The summed E-state index contributed by atoms with van der Waals surface area (Å²) >= 11 is 1.82. The van der Waals surface area contributed by atoms with Crippen LogP contribution in [-0.4, -0.2) is 27.6 Å². The summed E-state index contributed by atoms with van der Waals surface area (Å²) < 4.78 is 5.97. The lowest BCUT2D eigenvalue weighted by molar-refractivity contribution is 0.0525. The Morgan fingerprint density at radius 3 is 2.83 bits per heavy atom. The van der Waals surface area contributed by atoms with Gasteiger partial charge in [0, 0.05) is 45.3 Å². The number of nitrogens with zero attached hydrogens (tertiary/aromatic N) is 3. The summed E-state index contributed by atoms with van der Waals surface area (Å²) in [6.07, 6.45) is 5.92. The number of fused-ring (bicyclic) bond motifs is 3. The van der Waals surface area contributed by atoms with Crippen molar-refractivity contribution in [3.63, 3.8) is 0 Å². The third-order valence-corrected chi connectivity index (χ3v) is 6.99. The molecule has 0 bridgehead atoms. The third kappa shape index (κ3) is 3.50. The number of anilines is 1. The molecule has 30 heavy (non-hydrogen) atoms. The predicted octanol–water partition coefficient (Wildman–Crippen LogP) is 5.49. The number of benzene rings is 1. The second-order valence-corrected chi connectivity index (χ2v) is 8.99. The quantitative estimate of drug-likeness (QED) is 0.450. The van der Waals surface area contributed by atoms with E-state index in [0.29, 0.717) is 6.61 Å². The Balaban J connectivity index is 1.56. The van der Waals surface area contributed by atoms with E-state index < -0.39 is 0 Å². The lowest BCUT2D eigenvalue weighted by atomic mass is 9.96. The lowest BCUT2D eigenvalue weighted by Gasteiger charge is -2.35. The number of thiophene rings is 1. The predicted molar refractivity (Wildman–Crippen MR) is 122 cm³/mol. The maximum atomic E-state index is 5.97. The molecule has 5 nitrogen and oxygen atoms in total. The Bertz CT molecular complexity index is 1140. The topological polar surface area (TPSA) is 54.0 Å². The Labute approximate surface area is 180 Å². The van der Waals surface area contributed by atoms with Gasteiger partial charge in [0.15, 0.2) is 0 Å². The molecule has 0 fully saturated rings. The molecule has 0 amide bonds. The van der Waals surface area contributed by atoms with E-state index in [9.17, 15) is 0 Å². The summed E-state index contributed by atoms with van der Waals surface area (Å²) in [5.41, 5.74) is 3.86. The number of hydrogen-bond acceptors (Lipinski definition) is 5. The molecule has 0 saturated heterocycles. The van der Waals surface area contributed by atoms with Crippen molar-refractivity contribution in [2.75, 3.05) is 11.4 Å². The largest absolute Gasteiger partial charge is 0.373 e. The SMILES string of the molecule is CCC(C)OCc1ccc(C2c3[nH]c4ccccc4c3CCN2c2ncccn2)s1. The molecular weight excluding hydrogens is 392 g/mol. The molecule has 1 aliphatic heterocycles. The van der Waals surface area contributed by atoms with Gasteiger partial charge in [0.1, 0.15) is 6.04 Å². The molecule has 4 heterocycles. The van der Waals surface area contributed by atoms with E-state index in [0.717, 1.165) is 25.3 Å². The fourth-order valence-electron chi connectivity index (χ4n) is 4.15. The van der Waals surface area contributed by atoms with E-state index in [1.165, 1.54) is 31.9 Å². The van der Waals surface area contributed by atoms with Crippen molar-refractivity contribution in [3.05, 3.63) is 75.9 Å². The fraction of sp³-hybridized carbons (Fsp3) is 0.333. The number of aromatic amines is 1. The van der Waals surface area contributed by atoms with Crippen LogP contribution in [0.3, 0.4) is 0 Å². The Kier molecular flexibility index (Phi) is 5.27. The summed E-state index contributed by atoms with van der Waals surface area (Å²) in [6.45, 7) is 5.83. The maximum absolute atomic E-state index is 5.97. The second-order valence-electron chi connectivity index (χ2n) is 7.79. The van der Waals surface area contributed by atoms with Crippen molar-refractivity contribution >= 4 is 28.2 Å². The molecule has 0 saturated carbocycles. The van der Waals surface area contributed by atoms with E-state index in [2.05, 4.69) is 70.1 Å². The van der Waals surface area contributed by atoms with Crippen LogP contribution < -0.4 is 4.90 Å². The van der Waals surface area contributed by atoms with Gasteiger partial charge in [-0.15, -0.1) is 11.3 Å². The zero-order valence-corrected chi connectivity index (χ0v) is 18.2. The summed E-state index contributed by atoms with van der Waals surface area (Å²) in [5, 5.41) is 1.32. The van der Waals surface area contributed by atoms with Gasteiger partial charge >= 0.3 is 0 Å². The molecule has 3 aromatic heterocycles. The van der Waals surface area contributed by atoms with Gasteiger partial charge in [0.2, 0.25) is 5.95 Å². The van der Waals surface area contributed by atoms with Crippen LogP contribution in [0, 0.1) is 0 Å². The highest BCUT2D eigenvalue weighted by atomic mass is 32.1. The lowest BCUT2D eigenvalue weighted by Crippen LogP contribution is -2.36. The van der Waals surface area contributed by atoms with E-state index in [4.69, 9.17) is 4.74 Å². The monoisotopic (exact) mass is 418 g/mol. The van der Waals surface area contributed by atoms with Crippen LogP contribution >= 0.6 is 11.3 Å². The van der Waals surface area contributed by atoms with E-state index in [-0.39, 0.29) is 12.1 Å². The van der Waals surface area contributed by atoms with E-state index in [1.54, 1.807) is 0 Å². The van der Waals surface area contributed by atoms with Gasteiger partial charge in [-0.25, -0.2) is 9.97 Å². The molecule has 1 aromatic carbocycles. The van der Waals surface area contributed by atoms with Crippen molar-refractivity contribution in [1.82, 2.24) is 15.0 Å². The van der Waals surface area contributed by atoms with Gasteiger partial charge in [-0.05, 0) is 49.6 Å². The van der Waals surface area contributed by atoms with E-state index >= 15 is 0 Å². The molecule has 0 radical (unpaired) electrons. The molecule has 0 spiro atoms. The van der Waals surface area contributed by atoms with Crippen LogP contribution in [0.5, 0.6) is 0 Å². The third-order valence-electron chi connectivity index (χ3n) is 5.88. The molecule has 1 aliphatic rings. The Hall–Kier alpha value is -2.70. The summed E-state index contributed by atoms with van der Waals surface area (Å²) in [4.78, 5) is 17.7. The first kappa shape index (κ1) is 19.3. The highest BCUT2D eigenvalue weighted by Gasteiger charge is 2.34. The molecule has 1 N–H and O–H groups in total. The van der Waals surface area contributed by atoms with Crippen LogP contribution in [0.1, 0.15) is 47.3 Å². The minimum Gasteiger partial charge on any atom is -0.373 e. The number of para-hydroxylation sites is 1. The number of aromatic nitrogens is 3. The summed E-state index contributed by atoms with van der Waals surface area (Å²) in [6, 6.07) is 15.0. The van der Waals surface area contributed by atoms with Crippen LogP contribution in [0.15, 0.2) is 54.9 Å². The molecule has 6 heteroatoms. The van der Waals surface area contributed by atoms with Crippen LogP contribution in [-0.2, 0) is 17.8 Å². The molecule has 4 aromatic rings. The highest BCUT2D eigenvalue weighted by Crippen LogP contribution is 2.41. The van der Waals surface area contributed by atoms with Crippen molar-refractivity contribution in [2.45, 2.75) is 45.4 Å². The Morgan fingerprint density at radius 1 is 1.17 bits per heavy atom. The smallest absolute Gasteiger partial charge is 0.226 e. The normalized spacial score (nSPS) is 17.3. The van der Waals surface area contributed by atoms with Crippen LogP contribution in [0.4, 0.5) is 5.95 Å². The average molecular weight is 419 g/mol. The van der Waals surface area contributed by atoms with Crippen molar-refractivity contribution in [2.24, 2.45) is 0 Å². The Morgan fingerprint density at radius 2 is 2.00 bits per heavy atom. The molecule has 5 rings (SSSR count). The molecule has 2 unspecified atom stereocenters. The number of hydrogen-bond donors (Lipinski definition) is 1. The van der Waals surface area contributed by atoms with Crippen molar-refractivity contribution in [1.29, 1.82) is 0 Å². The number of rotatable bonds is 6. The fourth-order valence-corrected chi connectivity index (χ4v) is 5.21. The molecule has 154 valence electrons. The first-order valence-corrected chi connectivity index (χ1v) is 11.4. The van der Waals surface area contributed by atoms with Gasteiger partial charge in [-0.3, -0.25) is 0 Å². The van der Waals surface area contributed by atoms with Gasteiger partial charge in [-0.1, -0.05) is 25.1 Å². The highest BCUT2D eigenvalue weighted by molar-refractivity contribution is 7.12.